The molecule has 10 heteroatoms. The molecule has 0 atom stereocenters. The van der Waals surface area contributed by atoms with E-state index in [1.165, 1.54) is 18.2 Å². The molecule has 0 spiro atoms. The summed E-state index contributed by atoms with van der Waals surface area (Å²) in [5, 5.41) is 21.6. The maximum Gasteiger partial charge on any atom is 0.287 e. The molecular weight excluding hydrogens is 348 g/mol. The Bertz CT molecular complexity index is 737. The first-order chi connectivity index (χ1) is 9.88. The van der Waals surface area contributed by atoms with Crippen LogP contribution in [-0.4, -0.2) is 14.8 Å². The van der Waals surface area contributed by atoms with Gasteiger partial charge in [-0.05, 0) is 22.0 Å². The van der Waals surface area contributed by atoms with Crippen molar-refractivity contribution in [3.63, 3.8) is 0 Å². The zero-order valence-corrected chi connectivity index (χ0v) is 11.8. The number of nitrogen functional groups attached to an aromatic ring is 1. The third kappa shape index (κ3) is 3.23. The monoisotopic (exact) mass is 354 g/mol. The molecule has 108 valence electrons. The number of nitrogens with two attached hydrogens (primary N) is 1. The van der Waals surface area contributed by atoms with Gasteiger partial charge >= 0.3 is 0 Å². The Morgan fingerprint density at radius 2 is 1.90 bits per heavy atom. The van der Waals surface area contributed by atoms with Crippen LogP contribution in [-0.2, 0) is 0 Å². The van der Waals surface area contributed by atoms with Crippen molar-refractivity contribution in [2.24, 2.45) is 0 Å². The molecule has 0 aliphatic heterocycles. The van der Waals surface area contributed by atoms with Crippen molar-refractivity contribution < 1.29 is 14.6 Å². The normalized spacial score (nSPS) is 10.1. The average Bonchev–Trinajstić information content (AvgIpc) is 2.40. The fourth-order valence-corrected chi connectivity index (χ4v) is 1.99. The van der Waals surface area contributed by atoms with E-state index < -0.39 is 9.85 Å². The molecule has 21 heavy (non-hydrogen) atoms. The van der Waals surface area contributed by atoms with E-state index in [-0.39, 0.29) is 33.3 Å². The first kappa shape index (κ1) is 14.7. The van der Waals surface area contributed by atoms with E-state index in [9.17, 15) is 20.2 Å². The largest absolute Gasteiger partial charge is 0.437 e. The van der Waals surface area contributed by atoms with Gasteiger partial charge in [0.2, 0.25) is 5.88 Å². The van der Waals surface area contributed by atoms with Gasteiger partial charge in [-0.25, -0.2) is 0 Å². The van der Waals surface area contributed by atoms with Crippen LogP contribution in [0.5, 0.6) is 11.6 Å². The van der Waals surface area contributed by atoms with Crippen molar-refractivity contribution in [1.29, 1.82) is 0 Å². The van der Waals surface area contributed by atoms with Gasteiger partial charge in [-0.2, -0.15) is 4.98 Å². The van der Waals surface area contributed by atoms with E-state index in [1.807, 2.05) is 0 Å². The Morgan fingerprint density at radius 3 is 2.52 bits per heavy atom. The molecule has 9 nitrogen and oxygen atoms in total. The van der Waals surface area contributed by atoms with Gasteiger partial charge in [-0.15, -0.1) is 0 Å². The van der Waals surface area contributed by atoms with E-state index in [0.29, 0.717) is 0 Å². The van der Waals surface area contributed by atoms with Gasteiger partial charge in [0.15, 0.2) is 5.75 Å². The fourth-order valence-electron chi connectivity index (χ4n) is 1.50. The zero-order chi connectivity index (χ0) is 15.6. The molecule has 0 unspecified atom stereocenters. The maximum absolute atomic E-state index is 10.8. The molecule has 2 N–H and O–H groups in total. The highest BCUT2D eigenvalue weighted by atomic mass is 79.9. The van der Waals surface area contributed by atoms with E-state index in [4.69, 9.17) is 10.5 Å². The lowest BCUT2D eigenvalue weighted by atomic mass is 10.3. The Hall–Kier alpha value is -2.75. The molecule has 0 amide bonds. The molecule has 0 radical (unpaired) electrons. The van der Waals surface area contributed by atoms with Gasteiger partial charge in [0, 0.05) is 6.07 Å². The van der Waals surface area contributed by atoms with Gasteiger partial charge < -0.3 is 10.5 Å². The van der Waals surface area contributed by atoms with Crippen LogP contribution in [0.15, 0.2) is 34.8 Å². The van der Waals surface area contributed by atoms with Crippen molar-refractivity contribution in [3.8, 4) is 11.6 Å². The number of pyridine rings is 1. The number of halogens is 1. The first-order valence-electron chi connectivity index (χ1n) is 5.41. The summed E-state index contributed by atoms with van der Waals surface area (Å²) in [6, 6.07) is 6.30. The Balaban J connectivity index is 2.41. The van der Waals surface area contributed by atoms with Gasteiger partial charge in [-0.1, -0.05) is 6.07 Å². The highest BCUT2D eigenvalue weighted by Crippen LogP contribution is 2.36. The molecule has 0 fully saturated rings. The summed E-state index contributed by atoms with van der Waals surface area (Å²) < 4.78 is 5.42. The first-order valence-corrected chi connectivity index (χ1v) is 6.20. The number of nitro groups is 2. The van der Waals surface area contributed by atoms with E-state index in [0.717, 1.165) is 12.1 Å². The molecule has 2 aromatic rings. The Kier molecular flexibility index (Phi) is 3.98. The molecule has 1 aromatic heterocycles. The topological polar surface area (TPSA) is 134 Å². The molecular formula is C11H7BrN4O5. The van der Waals surface area contributed by atoms with Crippen molar-refractivity contribution in [2.45, 2.75) is 0 Å². The zero-order valence-electron chi connectivity index (χ0n) is 10.2. The van der Waals surface area contributed by atoms with E-state index >= 15 is 0 Å². The number of hydrogen-bond donors (Lipinski definition) is 1. The predicted octanol–water partition coefficient (Wildman–Crippen LogP) is 3.04. The van der Waals surface area contributed by atoms with Crippen LogP contribution in [0.3, 0.4) is 0 Å². The molecule has 2 rings (SSSR count). The Morgan fingerprint density at radius 1 is 1.19 bits per heavy atom. The van der Waals surface area contributed by atoms with Crippen molar-refractivity contribution >= 4 is 33.1 Å². The summed E-state index contributed by atoms with van der Waals surface area (Å²) in [4.78, 5) is 24.1. The van der Waals surface area contributed by atoms with Crippen LogP contribution in [0.4, 0.5) is 17.2 Å². The molecule has 0 saturated carbocycles. The second-order valence-corrected chi connectivity index (χ2v) is 4.59. The number of hydrogen-bond acceptors (Lipinski definition) is 7. The Labute approximate surface area is 125 Å². The average molecular weight is 355 g/mol. The number of aromatic nitrogens is 1. The minimum Gasteiger partial charge on any atom is -0.437 e. The van der Waals surface area contributed by atoms with Crippen molar-refractivity contribution in [3.05, 3.63) is 55.0 Å². The summed E-state index contributed by atoms with van der Waals surface area (Å²) in [5.74, 6) is -0.139. The van der Waals surface area contributed by atoms with Crippen LogP contribution in [0.1, 0.15) is 0 Å². The quantitative estimate of drug-likeness (QED) is 0.658. The summed E-state index contributed by atoms with van der Waals surface area (Å²) in [6.45, 7) is 0. The highest BCUT2D eigenvalue weighted by Gasteiger charge is 2.18. The lowest BCUT2D eigenvalue weighted by Crippen LogP contribution is -1.98. The van der Waals surface area contributed by atoms with Gasteiger partial charge in [0.05, 0.1) is 22.0 Å². The number of benzene rings is 1. The SMILES string of the molecule is Nc1cc([N+](=O)[O-])cc(Oc2cccc([N+](=O)[O-])c2Br)n1. The second-order valence-electron chi connectivity index (χ2n) is 3.79. The number of anilines is 1. The van der Waals surface area contributed by atoms with Crippen molar-refractivity contribution in [1.82, 2.24) is 4.98 Å². The molecule has 0 aliphatic carbocycles. The lowest BCUT2D eigenvalue weighted by molar-refractivity contribution is -0.385. The third-order valence-electron chi connectivity index (χ3n) is 2.37. The maximum atomic E-state index is 10.8. The highest BCUT2D eigenvalue weighted by molar-refractivity contribution is 9.10. The smallest absolute Gasteiger partial charge is 0.287 e. The van der Waals surface area contributed by atoms with Gasteiger partial charge in [0.25, 0.3) is 11.4 Å². The second kappa shape index (κ2) is 5.71. The minimum absolute atomic E-state index is 0.0941. The number of nitro benzene ring substituents is 1. The molecule has 1 aromatic carbocycles. The standard InChI is InChI=1S/C11H7BrN4O5/c12-11-7(16(19)20)2-1-3-8(11)21-10-5-6(15(17)18)4-9(13)14-10/h1-5H,(H2,13,14). The summed E-state index contributed by atoms with van der Waals surface area (Å²) in [6.07, 6.45) is 0. The molecule has 0 bridgehead atoms. The summed E-state index contributed by atoms with van der Waals surface area (Å²) in [5.41, 5.74) is 4.96. The molecule has 0 aliphatic rings. The van der Waals surface area contributed by atoms with E-state index in [1.54, 1.807) is 0 Å². The van der Waals surface area contributed by atoms with Gasteiger partial charge in [-0.3, -0.25) is 20.2 Å². The fraction of sp³-hybridized carbons (Fsp3) is 0. The third-order valence-corrected chi connectivity index (χ3v) is 3.17. The summed E-state index contributed by atoms with van der Waals surface area (Å²) in [7, 11) is 0. The lowest BCUT2D eigenvalue weighted by Gasteiger charge is -2.07. The predicted molar refractivity (Wildman–Crippen MR) is 76.2 cm³/mol. The van der Waals surface area contributed by atoms with Crippen LogP contribution in [0.25, 0.3) is 0 Å². The van der Waals surface area contributed by atoms with Crippen LogP contribution in [0, 0.1) is 20.2 Å². The minimum atomic E-state index is -0.645. The van der Waals surface area contributed by atoms with Crippen molar-refractivity contribution in [2.75, 3.05) is 5.73 Å². The number of nitrogens with zero attached hydrogens (tertiary/aromatic N) is 3. The van der Waals surface area contributed by atoms with Gasteiger partial charge in [0.1, 0.15) is 10.3 Å². The van der Waals surface area contributed by atoms with Crippen LogP contribution >= 0.6 is 15.9 Å². The van der Waals surface area contributed by atoms with Crippen LogP contribution in [0.2, 0.25) is 0 Å². The molecule has 0 saturated heterocycles. The summed E-state index contributed by atoms with van der Waals surface area (Å²) >= 11 is 3.05. The van der Waals surface area contributed by atoms with E-state index in [2.05, 4.69) is 20.9 Å². The number of rotatable bonds is 4. The van der Waals surface area contributed by atoms with Crippen LogP contribution < -0.4 is 10.5 Å². The molecule has 1 heterocycles. The number of ether oxygens (including phenoxy) is 1.